The highest BCUT2D eigenvalue weighted by molar-refractivity contribution is 5.80. The minimum atomic E-state index is 0.151. The number of fused-ring (bicyclic) bond motifs is 5. The van der Waals surface area contributed by atoms with Crippen LogP contribution < -0.4 is 5.32 Å². The first kappa shape index (κ1) is 20.4. The highest BCUT2D eigenvalue weighted by Crippen LogP contribution is 2.65. The van der Waals surface area contributed by atoms with Gasteiger partial charge in [-0.2, -0.15) is 0 Å². The first-order valence-electron chi connectivity index (χ1n) is 11.7. The van der Waals surface area contributed by atoms with Crippen LogP contribution in [0.5, 0.6) is 0 Å². The zero-order chi connectivity index (χ0) is 20.3. The second-order valence-electron chi connectivity index (χ2n) is 12.1. The molecule has 3 nitrogen and oxygen atoms in total. The SMILES string of the molecule is CN1CC=C[C@@]2(C)C1CC[C@@H]1[C@H]2CC[C@]2(C)C(C(=O)NCC(C)(C)C)CC[C@@H]12. The largest absolute Gasteiger partial charge is 0.355 e. The number of nitrogens with zero attached hydrogens (tertiary/aromatic N) is 1. The molecule has 4 aliphatic rings. The van der Waals surface area contributed by atoms with Gasteiger partial charge in [0.2, 0.25) is 5.91 Å². The van der Waals surface area contributed by atoms with Gasteiger partial charge in [-0.05, 0) is 74.2 Å². The minimum Gasteiger partial charge on any atom is -0.355 e. The summed E-state index contributed by atoms with van der Waals surface area (Å²) in [6.07, 6.45) is 12.5. The Morgan fingerprint density at radius 1 is 1.11 bits per heavy atom. The lowest BCUT2D eigenvalue weighted by molar-refractivity contribution is -0.134. The van der Waals surface area contributed by atoms with Crippen molar-refractivity contribution < 1.29 is 4.79 Å². The summed E-state index contributed by atoms with van der Waals surface area (Å²) in [7, 11) is 2.31. The van der Waals surface area contributed by atoms with E-state index in [-0.39, 0.29) is 16.7 Å². The van der Waals surface area contributed by atoms with Gasteiger partial charge in [0, 0.05) is 30.5 Å². The van der Waals surface area contributed by atoms with Gasteiger partial charge in [0.25, 0.3) is 0 Å². The lowest BCUT2D eigenvalue weighted by Crippen LogP contribution is -2.59. The van der Waals surface area contributed by atoms with Gasteiger partial charge in [0.15, 0.2) is 0 Å². The summed E-state index contributed by atoms with van der Waals surface area (Å²) >= 11 is 0. The topological polar surface area (TPSA) is 32.3 Å². The molecule has 28 heavy (non-hydrogen) atoms. The molecule has 3 fully saturated rings. The average Bonchev–Trinajstić information content (AvgIpc) is 2.96. The molecule has 0 aromatic carbocycles. The van der Waals surface area contributed by atoms with Crippen LogP contribution >= 0.6 is 0 Å². The molecule has 1 amide bonds. The van der Waals surface area contributed by atoms with Crippen molar-refractivity contribution in [2.75, 3.05) is 20.1 Å². The van der Waals surface area contributed by atoms with Gasteiger partial charge in [-0.3, -0.25) is 9.69 Å². The standard InChI is InChI=1S/C25H42N2O/c1-23(2,3)16-26-22(28)20-10-9-18-17-8-11-21-25(5,13-7-15-27(21)6)19(17)12-14-24(18,20)4/h7,13,17-21H,8-12,14-16H2,1-6H3,(H,26,28)/t17-,18-,19+,20?,21?,24-,25+/m0/s1. The Labute approximate surface area is 172 Å². The molecule has 3 aliphatic carbocycles. The van der Waals surface area contributed by atoms with Crippen LogP contribution in [0.4, 0.5) is 0 Å². The first-order chi connectivity index (χ1) is 13.1. The fourth-order valence-corrected chi connectivity index (χ4v) is 7.81. The molecule has 2 unspecified atom stereocenters. The molecule has 1 heterocycles. The molecule has 1 N–H and O–H groups in total. The molecule has 0 radical (unpaired) electrons. The van der Waals surface area contributed by atoms with E-state index in [1.54, 1.807) is 0 Å². The van der Waals surface area contributed by atoms with Crippen LogP contribution in [-0.4, -0.2) is 37.0 Å². The highest BCUT2D eigenvalue weighted by atomic mass is 16.1. The summed E-state index contributed by atoms with van der Waals surface area (Å²) in [5.41, 5.74) is 0.680. The van der Waals surface area contributed by atoms with Gasteiger partial charge in [0.1, 0.15) is 0 Å². The summed E-state index contributed by atoms with van der Waals surface area (Å²) in [6.45, 7) is 13.5. The van der Waals surface area contributed by atoms with Crippen molar-refractivity contribution in [3.8, 4) is 0 Å². The minimum absolute atomic E-state index is 0.151. The molecule has 0 aromatic heterocycles. The van der Waals surface area contributed by atoms with E-state index in [0.29, 0.717) is 17.4 Å². The van der Waals surface area contributed by atoms with E-state index < -0.39 is 0 Å². The molecule has 3 heteroatoms. The normalized spacial score (nSPS) is 45.9. The second-order valence-corrected chi connectivity index (χ2v) is 12.1. The maximum Gasteiger partial charge on any atom is 0.223 e. The van der Waals surface area contributed by atoms with E-state index in [2.05, 4.69) is 64.0 Å². The zero-order valence-electron chi connectivity index (χ0n) is 19.1. The van der Waals surface area contributed by atoms with Crippen molar-refractivity contribution in [3.63, 3.8) is 0 Å². The van der Waals surface area contributed by atoms with Crippen molar-refractivity contribution in [2.45, 2.75) is 79.2 Å². The van der Waals surface area contributed by atoms with Gasteiger partial charge >= 0.3 is 0 Å². The molecule has 0 saturated heterocycles. The van der Waals surface area contributed by atoms with Gasteiger partial charge < -0.3 is 5.32 Å². The van der Waals surface area contributed by atoms with Gasteiger partial charge in [-0.25, -0.2) is 0 Å². The van der Waals surface area contributed by atoms with E-state index >= 15 is 0 Å². The van der Waals surface area contributed by atoms with Crippen molar-refractivity contribution in [1.29, 1.82) is 0 Å². The predicted molar refractivity (Wildman–Crippen MR) is 116 cm³/mol. The van der Waals surface area contributed by atoms with Gasteiger partial charge in [-0.1, -0.05) is 46.8 Å². The summed E-state index contributed by atoms with van der Waals surface area (Å²) in [5, 5.41) is 3.30. The number of hydrogen-bond acceptors (Lipinski definition) is 2. The summed E-state index contributed by atoms with van der Waals surface area (Å²) in [4.78, 5) is 15.7. The summed E-state index contributed by atoms with van der Waals surface area (Å²) in [6, 6.07) is 0.704. The quantitative estimate of drug-likeness (QED) is 0.686. The number of rotatable bonds is 2. The smallest absolute Gasteiger partial charge is 0.223 e. The second kappa shape index (κ2) is 6.86. The third-order valence-corrected chi connectivity index (χ3v) is 9.24. The molecule has 0 bridgehead atoms. The fraction of sp³-hybridized carbons (Fsp3) is 0.880. The van der Waals surface area contributed by atoms with E-state index in [1.165, 1.54) is 32.1 Å². The third kappa shape index (κ3) is 3.16. The molecule has 3 saturated carbocycles. The lowest BCUT2D eigenvalue weighted by Gasteiger charge is -2.60. The Kier molecular flexibility index (Phi) is 5.01. The number of amides is 1. The lowest BCUT2D eigenvalue weighted by atomic mass is 9.47. The number of carbonyl (C=O) groups is 1. The Balaban J connectivity index is 1.53. The predicted octanol–water partition coefficient (Wildman–Crippen LogP) is 4.88. The average molecular weight is 387 g/mol. The molecule has 1 aliphatic heterocycles. The molecular formula is C25H42N2O. The Morgan fingerprint density at radius 2 is 1.86 bits per heavy atom. The van der Waals surface area contributed by atoms with E-state index in [1.807, 2.05) is 0 Å². The van der Waals surface area contributed by atoms with Crippen LogP contribution in [0.25, 0.3) is 0 Å². The summed E-state index contributed by atoms with van der Waals surface area (Å²) in [5.74, 6) is 2.87. The molecular weight excluding hydrogens is 344 g/mol. The van der Waals surface area contributed by atoms with Crippen LogP contribution in [0.3, 0.4) is 0 Å². The summed E-state index contributed by atoms with van der Waals surface area (Å²) < 4.78 is 0. The monoisotopic (exact) mass is 386 g/mol. The number of carbonyl (C=O) groups excluding carboxylic acids is 1. The van der Waals surface area contributed by atoms with Gasteiger partial charge in [-0.15, -0.1) is 0 Å². The van der Waals surface area contributed by atoms with Crippen LogP contribution in [0, 0.1) is 39.9 Å². The molecule has 158 valence electrons. The fourth-order valence-electron chi connectivity index (χ4n) is 7.81. The van der Waals surface area contributed by atoms with Crippen molar-refractivity contribution in [2.24, 2.45) is 39.9 Å². The number of nitrogens with one attached hydrogen (secondary N) is 1. The molecule has 7 atom stereocenters. The molecule has 0 aromatic rings. The highest BCUT2D eigenvalue weighted by Gasteiger charge is 2.60. The maximum atomic E-state index is 13.1. The zero-order valence-corrected chi connectivity index (χ0v) is 19.1. The Bertz CT molecular complexity index is 649. The Morgan fingerprint density at radius 3 is 2.57 bits per heavy atom. The Hall–Kier alpha value is -0.830. The van der Waals surface area contributed by atoms with Crippen LogP contribution in [0.1, 0.15) is 73.1 Å². The van der Waals surface area contributed by atoms with Crippen LogP contribution in [-0.2, 0) is 4.79 Å². The maximum absolute atomic E-state index is 13.1. The van der Waals surface area contributed by atoms with E-state index in [0.717, 1.165) is 37.3 Å². The molecule has 4 rings (SSSR count). The van der Waals surface area contributed by atoms with Crippen molar-refractivity contribution in [1.82, 2.24) is 10.2 Å². The molecule has 0 spiro atoms. The van der Waals surface area contributed by atoms with Crippen LogP contribution in [0.15, 0.2) is 12.2 Å². The van der Waals surface area contributed by atoms with E-state index in [4.69, 9.17) is 0 Å². The van der Waals surface area contributed by atoms with Crippen molar-refractivity contribution in [3.05, 3.63) is 12.2 Å². The van der Waals surface area contributed by atoms with Crippen LogP contribution in [0.2, 0.25) is 0 Å². The number of likely N-dealkylation sites (N-methyl/N-ethyl adjacent to an activating group) is 1. The van der Waals surface area contributed by atoms with Crippen molar-refractivity contribution >= 4 is 5.91 Å². The first-order valence-corrected chi connectivity index (χ1v) is 11.7. The van der Waals surface area contributed by atoms with E-state index in [9.17, 15) is 4.79 Å². The third-order valence-electron chi connectivity index (χ3n) is 9.24. The number of hydrogen-bond donors (Lipinski definition) is 1. The van der Waals surface area contributed by atoms with Gasteiger partial charge in [0.05, 0.1) is 0 Å².